The fraction of sp³-hybridized carbons (Fsp3) is 0.200. The van der Waals surface area contributed by atoms with Crippen LogP contribution in [0.4, 0.5) is 4.39 Å². The van der Waals surface area contributed by atoms with E-state index in [0.717, 1.165) is 6.07 Å². The lowest BCUT2D eigenvalue weighted by Crippen LogP contribution is -2.38. The van der Waals surface area contributed by atoms with Crippen LogP contribution in [-0.4, -0.2) is 27.5 Å². The average Bonchev–Trinajstić information content (AvgIpc) is 3.14. The van der Waals surface area contributed by atoms with E-state index in [1.165, 1.54) is 25.6 Å². The normalized spacial score (nSPS) is 14.0. The Morgan fingerprint density at radius 3 is 3.09 bits per heavy atom. The van der Waals surface area contributed by atoms with Crippen LogP contribution in [0.25, 0.3) is 11.0 Å². The van der Waals surface area contributed by atoms with E-state index in [4.69, 9.17) is 4.42 Å². The van der Waals surface area contributed by atoms with Crippen molar-refractivity contribution in [3.63, 3.8) is 0 Å². The van der Waals surface area contributed by atoms with E-state index in [1.807, 2.05) is 0 Å². The molecule has 0 fully saturated rings. The Morgan fingerprint density at radius 2 is 2.36 bits per heavy atom. The van der Waals surface area contributed by atoms with Gasteiger partial charge in [0.25, 0.3) is 5.91 Å². The van der Waals surface area contributed by atoms with Crippen LogP contribution in [-0.2, 0) is 5.60 Å². The number of fused-ring (bicyclic) bond motifs is 1. The fourth-order valence-corrected chi connectivity index (χ4v) is 2.21. The molecule has 0 aliphatic heterocycles. The summed E-state index contributed by atoms with van der Waals surface area (Å²) < 4.78 is 18.7. The monoisotopic (exact) mass is 303 g/mol. The third-order valence-corrected chi connectivity index (χ3v) is 3.38. The number of benzene rings is 1. The molecule has 1 unspecified atom stereocenters. The number of imidazole rings is 1. The second-order valence-corrected chi connectivity index (χ2v) is 5.19. The molecular weight excluding hydrogens is 289 g/mol. The third-order valence-electron chi connectivity index (χ3n) is 3.38. The summed E-state index contributed by atoms with van der Waals surface area (Å²) in [5.74, 6) is -0.736. The van der Waals surface area contributed by atoms with Gasteiger partial charge in [0.2, 0.25) is 0 Å². The third kappa shape index (κ3) is 2.58. The maximum atomic E-state index is 13.5. The van der Waals surface area contributed by atoms with Crippen LogP contribution >= 0.6 is 0 Å². The first kappa shape index (κ1) is 14.3. The number of furan rings is 1. The van der Waals surface area contributed by atoms with Crippen LogP contribution in [0.2, 0.25) is 0 Å². The number of nitrogens with zero attached hydrogens (tertiary/aromatic N) is 1. The number of nitrogens with one attached hydrogen (secondary N) is 2. The van der Waals surface area contributed by atoms with Crippen LogP contribution in [0.15, 0.2) is 41.3 Å². The highest BCUT2D eigenvalue weighted by molar-refractivity contribution is 6.04. The molecule has 22 heavy (non-hydrogen) atoms. The van der Waals surface area contributed by atoms with Crippen LogP contribution in [0, 0.1) is 5.82 Å². The number of rotatable bonds is 4. The predicted octanol–water partition coefficient (Wildman–Crippen LogP) is 1.93. The van der Waals surface area contributed by atoms with Gasteiger partial charge in [-0.3, -0.25) is 4.79 Å². The van der Waals surface area contributed by atoms with Gasteiger partial charge >= 0.3 is 0 Å². The molecule has 1 amide bonds. The van der Waals surface area contributed by atoms with Gasteiger partial charge in [-0.15, -0.1) is 0 Å². The molecule has 114 valence electrons. The minimum Gasteiger partial charge on any atom is -0.466 e. The number of amides is 1. The second-order valence-electron chi connectivity index (χ2n) is 5.19. The number of carbonyl (C=O) groups is 1. The van der Waals surface area contributed by atoms with Crippen molar-refractivity contribution in [2.24, 2.45) is 0 Å². The Balaban J connectivity index is 1.81. The minimum atomic E-state index is -1.36. The number of hydrogen-bond donors (Lipinski definition) is 3. The highest BCUT2D eigenvalue weighted by Crippen LogP contribution is 2.21. The summed E-state index contributed by atoms with van der Waals surface area (Å²) >= 11 is 0. The van der Waals surface area contributed by atoms with Crippen molar-refractivity contribution < 1.29 is 18.7 Å². The van der Waals surface area contributed by atoms with Gasteiger partial charge in [-0.05, 0) is 31.2 Å². The summed E-state index contributed by atoms with van der Waals surface area (Å²) in [7, 11) is 0. The molecule has 0 saturated carbocycles. The fourth-order valence-electron chi connectivity index (χ4n) is 2.21. The van der Waals surface area contributed by atoms with Crippen molar-refractivity contribution in [1.29, 1.82) is 0 Å². The van der Waals surface area contributed by atoms with E-state index in [9.17, 15) is 14.3 Å². The van der Waals surface area contributed by atoms with Gasteiger partial charge in [-0.1, -0.05) is 0 Å². The molecule has 3 N–H and O–H groups in total. The first-order valence-electron chi connectivity index (χ1n) is 6.64. The molecule has 2 aromatic heterocycles. The van der Waals surface area contributed by atoms with Crippen LogP contribution in [0.3, 0.4) is 0 Å². The standard InChI is InChI=1S/C15H14FN3O3/c1-15(21,12-3-2-4-22-12)7-17-14(20)10-5-9(16)6-11-13(10)19-8-18-11/h2-6,8,21H,7H2,1H3,(H,17,20)(H,18,19). The zero-order valence-electron chi connectivity index (χ0n) is 11.8. The molecular formula is C15H14FN3O3. The molecule has 0 bridgehead atoms. The zero-order chi connectivity index (χ0) is 15.7. The van der Waals surface area contributed by atoms with E-state index in [1.54, 1.807) is 12.1 Å². The van der Waals surface area contributed by atoms with E-state index >= 15 is 0 Å². The summed E-state index contributed by atoms with van der Waals surface area (Å²) in [6.45, 7) is 1.43. The quantitative estimate of drug-likeness (QED) is 0.687. The van der Waals surface area contributed by atoms with Crippen molar-refractivity contribution in [2.45, 2.75) is 12.5 Å². The summed E-state index contributed by atoms with van der Waals surface area (Å²) in [6.07, 6.45) is 2.82. The lowest BCUT2D eigenvalue weighted by molar-refractivity contribution is 0.0330. The molecule has 0 aliphatic rings. The van der Waals surface area contributed by atoms with Crippen LogP contribution in [0.1, 0.15) is 23.0 Å². The summed E-state index contributed by atoms with van der Waals surface area (Å²) in [5.41, 5.74) is -0.456. The molecule has 1 atom stereocenters. The molecule has 2 heterocycles. The number of aliphatic hydroxyl groups is 1. The lowest BCUT2D eigenvalue weighted by Gasteiger charge is -2.21. The number of carbonyl (C=O) groups excluding carboxylic acids is 1. The smallest absolute Gasteiger partial charge is 0.253 e. The van der Waals surface area contributed by atoms with Crippen molar-refractivity contribution in [1.82, 2.24) is 15.3 Å². The van der Waals surface area contributed by atoms with Gasteiger partial charge < -0.3 is 19.8 Å². The maximum Gasteiger partial charge on any atom is 0.253 e. The summed E-state index contributed by atoms with van der Waals surface area (Å²) in [5, 5.41) is 12.9. The first-order valence-corrected chi connectivity index (χ1v) is 6.64. The molecule has 0 radical (unpaired) electrons. The topological polar surface area (TPSA) is 91.2 Å². The number of hydrogen-bond acceptors (Lipinski definition) is 4. The van der Waals surface area contributed by atoms with Crippen LogP contribution < -0.4 is 5.32 Å². The Labute approximate surface area is 125 Å². The lowest BCUT2D eigenvalue weighted by atomic mass is 10.0. The number of aromatic amines is 1. The molecule has 3 rings (SSSR count). The largest absolute Gasteiger partial charge is 0.466 e. The van der Waals surface area contributed by atoms with Crippen molar-refractivity contribution in [2.75, 3.05) is 6.54 Å². The molecule has 1 aromatic carbocycles. The van der Waals surface area contributed by atoms with Gasteiger partial charge in [-0.25, -0.2) is 9.37 Å². The summed E-state index contributed by atoms with van der Waals surface area (Å²) in [6, 6.07) is 5.63. The van der Waals surface area contributed by atoms with Crippen molar-refractivity contribution in [3.8, 4) is 0 Å². The zero-order valence-corrected chi connectivity index (χ0v) is 11.8. The Morgan fingerprint density at radius 1 is 1.55 bits per heavy atom. The Kier molecular flexibility index (Phi) is 3.42. The molecule has 3 aromatic rings. The average molecular weight is 303 g/mol. The molecule has 0 spiro atoms. The molecule has 7 heteroatoms. The highest BCUT2D eigenvalue weighted by atomic mass is 19.1. The van der Waals surface area contributed by atoms with E-state index in [2.05, 4.69) is 15.3 Å². The molecule has 6 nitrogen and oxygen atoms in total. The van der Waals surface area contributed by atoms with Crippen molar-refractivity contribution in [3.05, 3.63) is 54.0 Å². The Bertz CT molecular complexity index is 809. The van der Waals surface area contributed by atoms with Gasteiger partial charge in [-0.2, -0.15) is 0 Å². The van der Waals surface area contributed by atoms with E-state index < -0.39 is 17.3 Å². The van der Waals surface area contributed by atoms with Gasteiger partial charge in [0.05, 0.1) is 30.2 Å². The number of halogens is 1. The first-order chi connectivity index (χ1) is 10.5. The van der Waals surface area contributed by atoms with Gasteiger partial charge in [0.15, 0.2) is 0 Å². The highest BCUT2D eigenvalue weighted by Gasteiger charge is 2.27. The van der Waals surface area contributed by atoms with Crippen LogP contribution in [0.5, 0.6) is 0 Å². The SMILES string of the molecule is CC(O)(CNC(=O)c1cc(F)cc2[nH]cnc12)c1ccco1. The van der Waals surface area contributed by atoms with Gasteiger partial charge in [0.1, 0.15) is 22.7 Å². The Hall–Kier alpha value is -2.67. The van der Waals surface area contributed by atoms with E-state index in [-0.39, 0.29) is 12.1 Å². The second kappa shape index (κ2) is 5.27. The van der Waals surface area contributed by atoms with E-state index in [0.29, 0.717) is 16.8 Å². The van der Waals surface area contributed by atoms with Gasteiger partial charge in [0, 0.05) is 0 Å². The number of aromatic nitrogens is 2. The minimum absolute atomic E-state index is 0.0816. The predicted molar refractivity (Wildman–Crippen MR) is 76.7 cm³/mol. The number of H-pyrrole nitrogens is 1. The molecule has 0 aliphatic carbocycles. The summed E-state index contributed by atoms with van der Waals surface area (Å²) in [4.78, 5) is 19.0. The molecule has 0 saturated heterocycles. The maximum absolute atomic E-state index is 13.5. The van der Waals surface area contributed by atoms with Crippen molar-refractivity contribution >= 4 is 16.9 Å².